The van der Waals surface area contributed by atoms with E-state index in [-0.39, 0.29) is 6.61 Å². The maximum Gasteiger partial charge on any atom is 0.123 e. The molecule has 0 aliphatic heterocycles. The monoisotopic (exact) mass is 813 g/mol. The summed E-state index contributed by atoms with van der Waals surface area (Å²) >= 11 is 0. The molecule has 0 amide bonds. The summed E-state index contributed by atoms with van der Waals surface area (Å²) in [7, 11) is 0. The Kier molecular flexibility index (Phi) is 41.4. The van der Waals surface area contributed by atoms with Crippen molar-refractivity contribution in [3.8, 4) is 11.5 Å². The number of hydrogen-bond donors (Lipinski definition) is 1. The molecule has 58 heavy (non-hydrogen) atoms. The maximum atomic E-state index is 10.2. The summed E-state index contributed by atoms with van der Waals surface area (Å²) in [6, 6.07) is 6.20. The minimum atomic E-state index is 0.0220. The summed E-state index contributed by atoms with van der Waals surface area (Å²) in [6.07, 6.45) is 54.9. The zero-order chi connectivity index (χ0) is 41.8. The Labute approximate surface area is 364 Å². The highest BCUT2D eigenvalue weighted by Gasteiger charge is 2.14. The Morgan fingerprint density at radius 2 is 0.552 bits per heavy atom. The van der Waals surface area contributed by atoms with E-state index in [1.165, 1.54) is 257 Å². The zero-order valence-corrected chi connectivity index (χ0v) is 40.1. The first-order valence-electron chi connectivity index (χ1n) is 26.7. The summed E-state index contributed by atoms with van der Waals surface area (Å²) in [4.78, 5) is 0. The highest BCUT2D eigenvalue weighted by atomic mass is 16.5. The molecule has 0 aromatic heterocycles. The average molecular weight is 813 g/mol. The summed E-state index contributed by atoms with van der Waals surface area (Å²) in [6.45, 7) is 10.8. The van der Waals surface area contributed by atoms with Crippen molar-refractivity contribution < 1.29 is 14.6 Å². The summed E-state index contributed by atoms with van der Waals surface area (Å²) in [5.41, 5.74) is 0.899. The number of aliphatic hydroxyl groups excluding tert-OH is 1. The third kappa shape index (κ3) is 35.5. The molecule has 3 heteroatoms. The molecule has 2 atom stereocenters. The lowest BCUT2D eigenvalue weighted by Gasteiger charge is -2.20. The van der Waals surface area contributed by atoms with Gasteiger partial charge in [-0.2, -0.15) is 0 Å². The quantitative estimate of drug-likeness (QED) is 0.0666. The molecule has 0 radical (unpaired) electrons. The lowest BCUT2D eigenvalue weighted by atomic mass is 9.94. The minimum Gasteiger partial charge on any atom is -0.493 e. The van der Waals surface area contributed by atoms with Crippen molar-refractivity contribution in [3.63, 3.8) is 0 Å². The van der Waals surface area contributed by atoms with Gasteiger partial charge >= 0.3 is 0 Å². The van der Waals surface area contributed by atoms with Crippen LogP contribution in [-0.4, -0.2) is 18.3 Å². The van der Waals surface area contributed by atoms with Crippen LogP contribution in [0.5, 0.6) is 11.5 Å². The van der Waals surface area contributed by atoms with Gasteiger partial charge in [0, 0.05) is 6.07 Å². The second kappa shape index (κ2) is 43.9. The van der Waals surface area contributed by atoms with Crippen molar-refractivity contribution in [1.29, 1.82) is 0 Å². The van der Waals surface area contributed by atoms with Gasteiger partial charge in [-0.15, -0.1) is 0 Å². The molecule has 1 rings (SSSR count). The van der Waals surface area contributed by atoms with Crippen LogP contribution in [-0.2, 0) is 6.61 Å². The van der Waals surface area contributed by atoms with E-state index in [0.29, 0.717) is 11.8 Å². The first-order chi connectivity index (χ1) is 28.7. The van der Waals surface area contributed by atoms with Gasteiger partial charge in [-0.3, -0.25) is 0 Å². The predicted octanol–water partition coefficient (Wildman–Crippen LogP) is 18.9. The van der Waals surface area contributed by atoms with Gasteiger partial charge in [-0.1, -0.05) is 259 Å². The van der Waals surface area contributed by atoms with E-state index in [9.17, 15) is 5.11 Å². The Balaban J connectivity index is 2.70. The summed E-state index contributed by atoms with van der Waals surface area (Å²) in [5, 5.41) is 10.2. The van der Waals surface area contributed by atoms with Crippen molar-refractivity contribution in [3.05, 3.63) is 23.8 Å². The van der Waals surface area contributed by atoms with E-state index in [0.717, 1.165) is 30.3 Å². The molecule has 3 nitrogen and oxygen atoms in total. The standard InChI is InChI=1S/C55H104O3/c1-5-9-13-17-21-25-27-31-35-39-43-51(41-37-33-29-23-19-15-11-7-3)49-57-54-45-53(48-56)46-55(47-54)58-50-52(42-38-34-30-24-20-16-12-8-4)44-40-36-32-28-26-22-18-14-10-6-2/h45-47,51-52,56H,5-44,48-50H2,1-4H3. The highest BCUT2D eigenvalue weighted by molar-refractivity contribution is 5.38. The Hall–Kier alpha value is -1.22. The van der Waals surface area contributed by atoms with Crippen molar-refractivity contribution in [2.24, 2.45) is 11.8 Å². The molecule has 0 saturated carbocycles. The fourth-order valence-electron chi connectivity index (χ4n) is 8.91. The number of ether oxygens (including phenoxy) is 2. The highest BCUT2D eigenvalue weighted by Crippen LogP contribution is 2.28. The second-order valence-electron chi connectivity index (χ2n) is 18.8. The molecule has 1 aromatic rings. The molecule has 2 unspecified atom stereocenters. The van der Waals surface area contributed by atoms with Crippen molar-refractivity contribution in [2.75, 3.05) is 13.2 Å². The van der Waals surface area contributed by atoms with Crippen molar-refractivity contribution >= 4 is 0 Å². The van der Waals surface area contributed by atoms with Gasteiger partial charge in [0.1, 0.15) is 11.5 Å². The average Bonchev–Trinajstić information content (AvgIpc) is 3.24. The van der Waals surface area contributed by atoms with Crippen molar-refractivity contribution in [2.45, 2.75) is 291 Å². The maximum absolute atomic E-state index is 10.2. The second-order valence-corrected chi connectivity index (χ2v) is 18.8. The zero-order valence-electron chi connectivity index (χ0n) is 40.1. The van der Waals surface area contributed by atoms with Crippen LogP contribution < -0.4 is 9.47 Å². The Morgan fingerprint density at radius 1 is 0.328 bits per heavy atom. The Morgan fingerprint density at radius 3 is 0.776 bits per heavy atom. The van der Waals surface area contributed by atoms with Gasteiger partial charge < -0.3 is 14.6 Å². The first-order valence-corrected chi connectivity index (χ1v) is 26.7. The van der Waals surface area contributed by atoms with Gasteiger partial charge in [-0.25, -0.2) is 0 Å². The molecule has 0 aliphatic rings. The third-order valence-corrected chi connectivity index (χ3v) is 13.0. The van der Waals surface area contributed by atoms with E-state index in [1.807, 2.05) is 12.1 Å². The fourth-order valence-corrected chi connectivity index (χ4v) is 8.91. The van der Waals surface area contributed by atoms with Crippen molar-refractivity contribution in [1.82, 2.24) is 0 Å². The van der Waals surface area contributed by atoms with Crippen LogP contribution >= 0.6 is 0 Å². The number of aliphatic hydroxyl groups is 1. The Bertz CT molecular complexity index is 875. The van der Waals surface area contributed by atoms with Gasteiger partial charge in [0.15, 0.2) is 0 Å². The van der Waals surface area contributed by atoms with Gasteiger partial charge in [-0.05, 0) is 55.2 Å². The molecular formula is C55H104O3. The topological polar surface area (TPSA) is 38.7 Å². The molecule has 0 bridgehead atoms. The van der Waals surface area contributed by atoms with Crippen LogP contribution in [0.15, 0.2) is 18.2 Å². The van der Waals surface area contributed by atoms with E-state index >= 15 is 0 Å². The molecule has 0 spiro atoms. The number of unbranched alkanes of at least 4 members (excludes halogenated alkanes) is 32. The molecule has 1 aromatic carbocycles. The fraction of sp³-hybridized carbons (Fsp3) is 0.891. The van der Waals surface area contributed by atoms with Gasteiger partial charge in [0.05, 0.1) is 19.8 Å². The van der Waals surface area contributed by atoms with Crippen LogP contribution in [0, 0.1) is 11.8 Å². The van der Waals surface area contributed by atoms with E-state index in [4.69, 9.17) is 9.47 Å². The summed E-state index contributed by atoms with van der Waals surface area (Å²) in [5.74, 6) is 2.96. The first kappa shape index (κ1) is 54.8. The van der Waals surface area contributed by atoms with E-state index in [1.54, 1.807) is 0 Å². The molecule has 0 fully saturated rings. The third-order valence-electron chi connectivity index (χ3n) is 13.0. The molecule has 1 N–H and O–H groups in total. The predicted molar refractivity (Wildman–Crippen MR) is 258 cm³/mol. The van der Waals surface area contributed by atoms with Gasteiger partial charge in [0.25, 0.3) is 0 Å². The number of hydrogen-bond acceptors (Lipinski definition) is 3. The van der Waals surface area contributed by atoms with Crippen LogP contribution in [0.25, 0.3) is 0 Å². The molecule has 0 heterocycles. The molecule has 0 saturated heterocycles. The molecule has 342 valence electrons. The van der Waals surface area contributed by atoms with Crippen LogP contribution in [0.1, 0.15) is 290 Å². The lowest BCUT2D eigenvalue weighted by Crippen LogP contribution is -2.14. The normalized spacial score (nSPS) is 12.6. The van der Waals surface area contributed by atoms with E-state index in [2.05, 4.69) is 33.8 Å². The van der Waals surface area contributed by atoms with Crippen LogP contribution in [0.3, 0.4) is 0 Å². The van der Waals surface area contributed by atoms with Crippen LogP contribution in [0.4, 0.5) is 0 Å². The van der Waals surface area contributed by atoms with E-state index < -0.39 is 0 Å². The van der Waals surface area contributed by atoms with Gasteiger partial charge in [0.2, 0.25) is 0 Å². The van der Waals surface area contributed by atoms with Crippen LogP contribution in [0.2, 0.25) is 0 Å². The largest absolute Gasteiger partial charge is 0.493 e. The molecular weight excluding hydrogens is 709 g/mol. The molecule has 0 aliphatic carbocycles. The number of rotatable bonds is 47. The smallest absolute Gasteiger partial charge is 0.123 e. The number of benzene rings is 1. The lowest BCUT2D eigenvalue weighted by molar-refractivity contribution is 0.212. The minimum absolute atomic E-state index is 0.0220. The SMILES string of the molecule is CCCCCCCCCCCCC(CCCCCCCCCC)COc1cc(CO)cc(OCC(CCCCCCCCCC)CCCCCCCCCCCC)c1. The summed E-state index contributed by atoms with van der Waals surface area (Å²) < 4.78 is 13.2.